The van der Waals surface area contributed by atoms with Crippen molar-refractivity contribution in [2.45, 2.75) is 45.1 Å². The number of piperidine rings is 1. The Bertz CT molecular complexity index is 1160. The molecule has 1 aromatic carbocycles. The van der Waals surface area contributed by atoms with Crippen LogP contribution < -0.4 is 5.32 Å². The van der Waals surface area contributed by atoms with Crippen molar-refractivity contribution in [3.8, 4) is 0 Å². The molecule has 0 bridgehead atoms. The monoisotopic (exact) mass is 523 g/mol. The van der Waals surface area contributed by atoms with Gasteiger partial charge in [-0.1, -0.05) is 18.2 Å². The Morgan fingerprint density at radius 2 is 2.08 bits per heavy atom. The number of benzene rings is 1. The van der Waals surface area contributed by atoms with E-state index in [-0.39, 0.29) is 36.3 Å². The molecule has 2 aliphatic rings. The molecule has 3 atom stereocenters. The fourth-order valence-corrected chi connectivity index (χ4v) is 6.14. The molecule has 9 heteroatoms. The topological polar surface area (TPSA) is 98.0 Å². The number of ether oxygens (including phenoxy) is 1. The summed E-state index contributed by atoms with van der Waals surface area (Å²) in [6.45, 7) is 10.7. The van der Waals surface area contributed by atoms with E-state index in [0.717, 1.165) is 11.9 Å². The molecule has 1 unspecified atom stereocenters. The Labute approximate surface area is 225 Å². The van der Waals surface area contributed by atoms with Crippen LogP contribution in [-0.4, -0.2) is 96.6 Å². The Hall–Kier alpha value is -3.17. The molecule has 9 nitrogen and oxygen atoms in total. The predicted octanol–water partition coefficient (Wildman–Crippen LogP) is 3.13. The van der Waals surface area contributed by atoms with Crippen molar-refractivity contribution in [1.82, 2.24) is 25.0 Å². The number of hydrogen-bond donors (Lipinski definition) is 2. The van der Waals surface area contributed by atoms with Crippen molar-refractivity contribution in [1.29, 1.82) is 0 Å². The van der Waals surface area contributed by atoms with Gasteiger partial charge in [0.15, 0.2) is 0 Å². The SMILES string of the molecule is C=CCN1C[C@H](C(=O)N(CCCN(C)CC(=O)OCC)C(=O)NCC)CC2c3cccc4[nH]cc(c34)C[C@H]21. The summed E-state index contributed by atoms with van der Waals surface area (Å²) in [5.41, 5.74) is 3.74. The summed E-state index contributed by atoms with van der Waals surface area (Å²) in [5.74, 6) is -0.509. The highest BCUT2D eigenvalue weighted by atomic mass is 16.5. The number of amides is 3. The third-order valence-electron chi connectivity index (χ3n) is 7.75. The number of fused-ring (bicyclic) bond motifs is 2. The van der Waals surface area contributed by atoms with Gasteiger partial charge in [0, 0.05) is 61.8 Å². The van der Waals surface area contributed by atoms with Crippen molar-refractivity contribution >= 4 is 28.8 Å². The zero-order valence-corrected chi connectivity index (χ0v) is 22.9. The molecule has 1 fully saturated rings. The van der Waals surface area contributed by atoms with Gasteiger partial charge in [-0.25, -0.2) is 4.79 Å². The van der Waals surface area contributed by atoms with E-state index >= 15 is 0 Å². The van der Waals surface area contributed by atoms with Gasteiger partial charge in [-0.15, -0.1) is 6.58 Å². The van der Waals surface area contributed by atoms with Crippen LogP contribution >= 0.6 is 0 Å². The molecule has 3 amide bonds. The summed E-state index contributed by atoms with van der Waals surface area (Å²) in [6, 6.07) is 6.31. The zero-order chi connectivity index (χ0) is 27.2. The van der Waals surface area contributed by atoms with Crippen LogP contribution in [0.3, 0.4) is 0 Å². The van der Waals surface area contributed by atoms with Crippen LogP contribution in [0.2, 0.25) is 0 Å². The molecule has 2 aromatic rings. The fourth-order valence-electron chi connectivity index (χ4n) is 6.14. The Kier molecular flexibility index (Phi) is 9.22. The van der Waals surface area contributed by atoms with Crippen LogP contribution in [0.15, 0.2) is 37.1 Å². The quantitative estimate of drug-likeness (QED) is 0.347. The number of nitrogens with one attached hydrogen (secondary N) is 2. The van der Waals surface area contributed by atoms with Gasteiger partial charge in [0.05, 0.1) is 19.1 Å². The summed E-state index contributed by atoms with van der Waals surface area (Å²) >= 11 is 0. The summed E-state index contributed by atoms with van der Waals surface area (Å²) in [6.07, 6.45) is 6.23. The molecule has 2 heterocycles. The van der Waals surface area contributed by atoms with Gasteiger partial charge in [0.2, 0.25) is 5.91 Å². The third-order valence-corrected chi connectivity index (χ3v) is 7.75. The number of likely N-dealkylation sites (tertiary alicyclic amines) is 1. The van der Waals surface area contributed by atoms with Crippen molar-refractivity contribution in [3.05, 3.63) is 48.2 Å². The van der Waals surface area contributed by atoms with Crippen LogP contribution in [0, 0.1) is 5.92 Å². The fraction of sp³-hybridized carbons (Fsp3) is 0.552. The van der Waals surface area contributed by atoms with Crippen molar-refractivity contribution in [2.75, 3.05) is 52.9 Å². The van der Waals surface area contributed by atoms with Gasteiger partial charge in [0.25, 0.3) is 0 Å². The molecule has 1 saturated heterocycles. The van der Waals surface area contributed by atoms with E-state index in [4.69, 9.17) is 4.74 Å². The molecular weight excluding hydrogens is 482 g/mol. The lowest BCUT2D eigenvalue weighted by Gasteiger charge is -2.47. The highest BCUT2D eigenvalue weighted by Crippen LogP contribution is 2.45. The molecule has 0 radical (unpaired) electrons. The first-order chi connectivity index (χ1) is 18.4. The maximum absolute atomic E-state index is 13.9. The summed E-state index contributed by atoms with van der Waals surface area (Å²) in [4.78, 5) is 47.7. The first-order valence-corrected chi connectivity index (χ1v) is 13.7. The number of esters is 1. The van der Waals surface area contributed by atoms with E-state index in [1.165, 1.54) is 21.4 Å². The molecule has 0 spiro atoms. The van der Waals surface area contributed by atoms with Gasteiger partial charge in [-0.2, -0.15) is 0 Å². The molecule has 1 aliphatic carbocycles. The third kappa shape index (κ3) is 5.94. The molecule has 2 N–H and O–H groups in total. The number of aromatic amines is 1. The number of H-pyrrole nitrogens is 1. The smallest absolute Gasteiger partial charge is 0.324 e. The van der Waals surface area contributed by atoms with Crippen LogP contribution in [0.4, 0.5) is 4.79 Å². The summed E-state index contributed by atoms with van der Waals surface area (Å²) in [5, 5.41) is 4.10. The number of nitrogens with zero attached hydrogens (tertiary/aromatic N) is 3. The Balaban J connectivity index is 1.51. The summed E-state index contributed by atoms with van der Waals surface area (Å²) in [7, 11) is 1.84. The minimum Gasteiger partial charge on any atom is -0.465 e. The van der Waals surface area contributed by atoms with Crippen LogP contribution in [0.5, 0.6) is 0 Å². The highest BCUT2D eigenvalue weighted by Gasteiger charge is 2.43. The average Bonchev–Trinajstić information content (AvgIpc) is 3.31. The molecular formula is C29H41N5O4. The largest absolute Gasteiger partial charge is 0.465 e. The maximum Gasteiger partial charge on any atom is 0.324 e. The van der Waals surface area contributed by atoms with E-state index in [9.17, 15) is 14.4 Å². The minimum absolute atomic E-state index is 0.136. The van der Waals surface area contributed by atoms with Gasteiger partial charge < -0.3 is 15.0 Å². The van der Waals surface area contributed by atoms with E-state index < -0.39 is 0 Å². The standard InChI is InChI=1S/C29H41N5O4/c1-5-12-33-18-21(15-23-22-10-8-11-24-27(22)20(17-31-24)16-25(23)33)28(36)34(29(37)30-6-2)14-9-13-32(4)19-26(35)38-7-3/h5,8,10-11,17,21,23,25,31H,1,6-7,9,12-16,18-19H2,2-4H3,(H,30,37)/t21-,23?,25-/m1/s1. The molecule has 4 rings (SSSR count). The number of imide groups is 1. The van der Waals surface area contributed by atoms with Crippen LogP contribution in [0.25, 0.3) is 10.9 Å². The second-order valence-corrected chi connectivity index (χ2v) is 10.4. The molecule has 206 valence electrons. The zero-order valence-electron chi connectivity index (χ0n) is 22.9. The summed E-state index contributed by atoms with van der Waals surface area (Å²) < 4.78 is 5.02. The maximum atomic E-state index is 13.9. The first-order valence-electron chi connectivity index (χ1n) is 13.7. The number of carbonyl (C=O) groups excluding carboxylic acids is 3. The van der Waals surface area contributed by atoms with Crippen molar-refractivity contribution in [3.63, 3.8) is 0 Å². The Morgan fingerprint density at radius 1 is 1.26 bits per heavy atom. The van der Waals surface area contributed by atoms with E-state index in [2.05, 4.69) is 46.2 Å². The predicted molar refractivity (Wildman–Crippen MR) is 148 cm³/mol. The van der Waals surface area contributed by atoms with E-state index in [0.29, 0.717) is 58.2 Å². The Morgan fingerprint density at radius 3 is 2.82 bits per heavy atom. The number of likely N-dealkylation sites (N-methyl/N-ethyl adjacent to an activating group) is 1. The lowest BCUT2D eigenvalue weighted by Crippen LogP contribution is -2.55. The van der Waals surface area contributed by atoms with Gasteiger partial charge in [0.1, 0.15) is 0 Å². The lowest BCUT2D eigenvalue weighted by atomic mass is 9.72. The lowest BCUT2D eigenvalue weighted by molar-refractivity contribution is -0.144. The second-order valence-electron chi connectivity index (χ2n) is 10.4. The number of rotatable bonds is 11. The van der Waals surface area contributed by atoms with E-state index in [1.807, 2.05) is 24.9 Å². The van der Waals surface area contributed by atoms with E-state index in [1.54, 1.807) is 6.92 Å². The molecule has 38 heavy (non-hydrogen) atoms. The van der Waals surface area contributed by atoms with Gasteiger partial charge in [-0.05, 0) is 57.4 Å². The van der Waals surface area contributed by atoms with Crippen molar-refractivity contribution in [2.24, 2.45) is 5.92 Å². The van der Waals surface area contributed by atoms with Gasteiger partial charge in [-0.3, -0.25) is 24.3 Å². The highest BCUT2D eigenvalue weighted by molar-refractivity contribution is 5.96. The molecule has 1 aromatic heterocycles. The second kappa shape index (κ2) is 12.6. The van der Waals surface area contributed by atoms with Crippen LogP contribution in [0.1, 0.15) is 43.7 Å². The number of carbonyl (C=O) groups is 3. The first kappa shape index (κ1) is 27.9. The van der Waals surface area contributed by atoms with Crippen molar-refractivity contribution < 1.29 is 19.1 Å². The number of aromatic nitrogens is 1. The molecule has 1 aliphatic heterocycles. The van der Waals surface area contributed by atoms with Gasteiger partial charge >= 0.3 is 12.0 Å². The molecule has 0 saturated carbocycles. The number of hydrogen-bond acceptors (Lipinski definition) is 6. The normalized spacial score (nSPS) is 20.7. The average molecular weight is 524 g/mol. The number of urea groups is 1. The van der Waals surface area contributed by atoms with Crippen LogP contribution in [-0.2, 0) is 20.7 Å². The minimum atomic E-state index is -0.360.